The monoisotopic (exact) mass is 592 g/mol. The first-order valence-corrected chi connectivity index (χ1v) is 14.3. The molecule has 1 aliphatic heterocycles. The molecule has 1 saturated heterocycles. The van der Waals surface area contributed by atoms with Gasteiger partial charge >= 0.3 is 15.5 Å². The fraction of sp³-hybridized carbons (Fsp3) is 0.462. The van der Waals surface area contributed by atoms with E-state index in [9.17, 15) is 31.2 Å². The van der Waals surface area contributed by atoms with Crippen molar-refractivity contribution in [1.29, 1.82) is 0 Å². The lowest BCUT2D eigenvalue weighted by Crippen LogP contribution is -2.56. The predicted molar refractivity (Wildman–Crippen MR) is 140 cm³/mol. The summed E-state index contributed by atoms with van der Waals surface area (Å²) in [6.45, 7) is 5.33. The van der Waals surface area contributed by atoms with Crippen molar-refractivity contribution in [3.8, 4) is 0 Å². The number of sulfonamides is 1. The fourth-order valence-corrected chi connectivity index (χ4v) is 6.04. The lowest BCUT2D eigenvalue weighted by atomic mass is 9.66. The van der Waals surface area contributed by atoms with Gasteiger partial charge in [-0.3, -0.25) is 9.59 Å². The predicted octanol–water partition coefficient (Wildman–Crippen LogP) is 6.60. The summed E-state index contributed by atoms with van der Waals surface area (Å²) in [5.74, 6) is -2.26. The van der Waals surface area contributed by atoms with E-state index >= 15 is 0 Å². The molecule has 0 radical (unpaired) electrons. The van der Waals surface area contributed by atoms with Crippen molar-refractivity contribution in [1.82, 2.24) is 9.62 Å². The summed E-state index contributed by atoms with van der Waals surface area (Å²) in [5, 5.41) is 0.968. The van der Waals surface area contributed by atoms with Gasteiger partial charge in [-0.15, -0.1) is 0 Å². The first-order chi connectivity index (χ1) is 17.6. The second-order valence-electron chi connectivity index (χ2n) is 9.76. The van der Waals surface area contributed by atoms with Gasteiger partial charge in [0.05, 0.1) is 11.5 Å². The van der Waals surface area contributed by atoms with Crippen LogP contribution in [0.4, 0.5) is 13.2 Å². The molecule has 3 atom stereocenters. The second kappa shape index (κ2) is 11.4. The van der Waals surface area contributed by atoms with E-state index < -0.39 is 51.1 Å². The Hall–Kier alpha value is -2.30. The third kappa shape index (κ3) is 6.29. The van der Waals surface area contributed by atoms with Crippen LogP contribution in [-0.4, -0.2) is 36.7 Å². The topological polar surface area (TPSA) is 83.6 Å². The molecule has 1 fully saturated rings. The Morgan fingerprint density at radius 2 is 1.68 bits per heavy atom. The zero-order chi connectivity index (χ0) is 28.5. The number of hydrogen-bond acceptors (Lipinski definition) is 4. The van der Waals surface area contributed by atoms with Gasteiger partial charge in [-0.1, -0.05) is 68.2 Å². The minimum absolute atomic E-state index is 0.0651. The molecular weight excluding hydrogens is 564 g/mol. The van der Waals surface area contributed by atoms with Crippen LogP contribution in [0.5, 0.6) is 0 Å². The Balaban J connectivity index is 2.14. The highest BCUT2D eigenvalue weighted by molar-refractivity contribution is 7.90. The highest BCUT2D eigenvalue weighted by Gasteiger charge is 2.53. The number of likely N-dealkylation sites (tertiary alicyclic amines) is 1. The molecular formula is C26H29Cl2F3N2O4S. The first-order valence-electron chi connectivity index (χ1n) is 12.1. The number of nitrogens with zero attached hydrogens (tertiary/aromatic N) is 1. The third-order valence-corrected chi connectivity index (χ3v) is 8.62. The molecule has 2 amide bonds. The number of carbonyl (C=O) groups is 2. The van der Waals surface area contributed by atoms with Gasteiger partial charge in [-0.25, -0.2) is 4.72 Å². The molecule has 0 aliphatic carbocycles. The van der Waals surface area contributed by atoms with E-state index in [1.165, 1.54) is 6.92 Å². The van der Waals surface area contributed by atoms with Crippen LogP contribution in [-0.2, 0) is 19.6 Å². The standard InChI is InChI=1S/C26H29Cl2F3N2O4S/c1-4-20(5-2)33-23(16-9-11-18(27)12-10-16)21(17-7-6-8-19(28)13-17)14-25(3,24(33)35)15-22(34)32-38(36,37)26(29,30)31/h6-13,20-21,23H,4-5,14-15H2,1-3H3,(H,32,34)/t21-,23-,25+/m1/s1. The summed E-state index contributed by atoms with van der Waals surface area (Å²) in [4.78, 5) is 28.4. The average molecular weight is 593 g/mol. The molecule has 1 N–H and O–H groups in total. The maximum atomic E-state index is 14.1. The normalized spacial score (nSPS) is 22.6. The molecule has 0 aromatic heterocycles. The maximum absolute atomic E-state index is 14.1. The largest absolute Gasteiger partial charge is 0.516 e. The molecule has 6 nitrogen and oxygen atoms in total. The Labute approximate surface area is 230 Å². The van der Waals surface area contributed by atoms with Crippen LogP contribution in [0.25, 0.3) is 0 Å². The number of alkyl halides is 3. The van der Waals surface area contributed by atoms with Crippen LogP contribution in [0.15, 0.2) is 48.5 Å². The van der Waals surface area contributed by atoms with E-state index in [-0.39, 0.29) is 12.5 Å². The first kappa shape index (κ1) is 30.2. The zero-order valence-electron chi connectivity index (χ0n) is 21.1. The van der Waals surface area contributed by atoms with Gasteiger partial charge in [0.25, 0.3) is 0 Å². The van der Waals surface area contributed by atoms with E-state index in [4.69, 9.17) is 23.2 Å². The molecule has 208 valence electrons. The van der Waals surface area contributed by atoms with Gasteiger partial charge in [0.1, 0.15) is 0 Å². The average Bonchev–Trinajstić information content (AvgIpc) is 2.82. The summed E-state index contributed by atoms with van der Waals surface area (Å²) in [6.07, 6.45) is 0.483. The van der Waals surface area contributed by atoms with Crippen LogP contribution in [0.2, 0.25) is 10.0 Å². The lowest BCUT2D eigenvalue weighted by Gasteiger charge is -2.52. The van der Waals surface area contributed by atoms with Gasteiger partial charge in [0.15, 0.2) is 0 Å². The van der Waals surface area contributed by atoms with Crippen molar-refractivity contribution in [3.63, 3.8) is 0 Å². The highest BCUT2D eigenvalue weighted by atomic mass is 35.5. The molecule has 3 rings (SSSR count). The van der Waals surface area contributed by atoms with Crippen molar-refractivity contribution in [2.45, 2.75) is 70.0 Å². The van der Waals surface area contributed by atoms with Gasteiger partial charge in [-0.05, 0) is 54.7 Å². The Morgan fingerprint density at radius 1 is 1.08 bits per heavy atom. The van der Waals surface area contributed by atoms with Crippen molar-refractivity contribution in [2.75, 3.05) is 0 Å². The van der Waals surface area contributed by atoms with E-state index in [2.05, 4.69) is 0 Å². The van der Waals surface area contributed by atoms with E-state index in [0.717, 1.165) is 15.8 Å². The van der Waals surface area contributed by atoms with Crippen molar-refractivity contribution in [2.24, 2.45) is 5.41 Å². The van der Waals surface area contributed by atoms with E-state index in [1.54, 1.807) is 35.2 Å². The van der Waals surface area contributed by atoms with E-state index in [0.29, 0.717) is 22.9 Å². The summed E-state index contributed by atoms with van der Waals surface area (Å²) in [7, 11) is -5.91. The zero-order valence-corrected chi connectivity index (χ0v) is 23.4. The highest BCUT2D eigenvalue weighted by Crippen LogP contribution is 2.52. The molecule has 0 unspecified atom stereocenters. The van der Waals surface area contributed by atoms with Crippen LogP contribution >= 0.6 is 23.2 Å². The smallest absolute Gasteiger partial charge is 0.332 e. The number of hydrogen-bond donors (Lipinski definition) is 1. The van der Waals surface area contributed by atoms with Crippen LogP contribution < -0.4 is 4.72 Å². The maximum Gasteiger partial charge on any atom is 0.516 e. The summed E-state index contributed by atoms with van der Waals surface area (Å²) in [5.41, 5.74) is -5.59. The summed E-state index contributed by atoms with van der Waals surface area (Å²) < 4.78 is 62.9. The molecule has 0 saturated carbocycles. The van der Waals surface area contributed by atoms with Crippen molar-refractivity contribution in [3.05, 3.63) is 69.7 Å². The Morgan fingerprint density at radius 3 is 2.21 bits per heavy atom. The van der Waals surface area contributed by atoms with Gasteiger partial charge < -0.3 is 4.90 Å². The van der Waals surface area contributed by atoms with Crippen LogP contribution in [0.3, 0.4) is 0 Å². The van der Waals surface area contributed by atoms with E-state index in [1.807, 2.05) is 32.0 Å². The molecule has 1 heterocycles. The number of carbonyl (C=O) groups excluding carboxylic acids is 2. The Bertz CT molecular complexity index is 1280. The van der Waals surface area contributed by atoms with Crippen molar-refractivity contribution < 1.29 is 31.2 Å². The molecule has 0 spiro atoms. The SMILES string of the molecule is CCC(CC)N1C(=O)[C@](C)(CC(=O)NS(=O)(=O)C(F)(F)F)C[C@H](c2cccc(Cl)c2)[C@H]1c1ccc(Cl)cc1. The number of benzene rings is 2. The quantitative estimate of drug-likeness (QED) is 0.374. The molecule has 2 aromatic carbocycles. The van der Waals surface area contributed by atoms with Crippen LogP contribution in [0, 0.1) is 5.41 Å². The van der Waals surface area contributed by atoms with Gasteiger partial charge in [-0.2, -0.15) is 21.6 Å². The lowest BCUT2D eigenvalue weighted by molar-refractivity contribution is -0.157. The van der Waals surface area contributed by atoms with Gasteiger partial charge in [0, 0.05) is 28.4 Å². The van der Waals surface area contributed by atoms with Gasteiger partial charge in [0.2, 0.25) is 11.8 Å². The van der Waals surface area contributed by atoms with Crippen molar-refractivity contribution >= 4 is 45.0 Å². The molecule has 0 bridgehead atoms. The molecule has 12 heteroatoms. The molecule has 1 aliphatic rings. The number of nitrogens with one attached hydrogen (secondary N) is 1. The Kier molecular flexibility index (Phi) is 9.10. The minimum Gasteiger partial charge on any atom is -0.332 e. The molecule has 2 aromatic rings. The second-order valence-corrected chi connectivity index (χ2v) is 12.3. The van der Waals surface area contributed by atoms with Crippen LogP contribution in [0.1, 0.15) is 69.5 Å². The molecule has 38 heavy (non-hydrogen) atoms. The fourth-order valence-electron chi connectivity index (χ4n) is 5.23. The summed E-state index contributed by atoms with van der Waals surface area (Å²) in [6, 6.07) is 13.4. The number of rotatable bonds is 8. The number of halogens is 5. The number of amides is 2. The summed E-state index contributed by atoms with van der Waals surface area (Å²) >= 11 is 12.4. The minimum atomic E-state index is -5.91. The number of piperidine rings is 1. The third-order valence-electron chi connectivity index (χ3n) is 7.03.